The molecule has 74 valence electrons. The topological polar surface area (TPSA) is 55.6 Å². The Bertz CT molecular complexity index is 116. The summed E-state index contributed by atoms with van der Waals surface area (Å²) >= 11 is 0. The fourth-order valence-electron chi connectivity index (χ4n) is 0.472. The highest BCUT2D eigenvalue weighted by atomic mass is 16.7. The van der Waals surface area contributed by atoms with Crippen molar-refractivity contribution >= 4 is 5.97 Å². The van der Waals surface area contributed by atoms with Crippen LogP contribution in [0.2, 0.25) is 0 Å². The molecule has 0 aliphatic rings. The lowest BCUT2D eigenvalue weighted by Gasteiger charge is -2.17. The van der Waals surface area contributed by atoms with Gasteiger partial charge in [0.1, 0.15) is 0 Å². The van der Waals surface area contributed by atoms with Crippen LogP contribution in [-0.4, -0.2) is 31.0 Å². The largest absolute Gasteiger partial charge is 0.373 e. The van der Waals surface area contributed by atoms with Crippen LogP contribution >= 0.6 is 0 Å². The quantitative estimate of drug-likeness (QED) is 0.645. The van der Waals surface area contributed by atoms with Gasteiger partial charge in [-0.05, 0) is 21.0 Å². The third-order valence-corrected chi connectivity index (χ3v) is 1.48. The maximum atomic E-state index is 10.6. The Labute approximate surface area is 74.6 Å². The normalized spacial score (nSPS) is 11.6. The van der Waals surface area contributed by atoms with E-state index in [1.807, 2.05) is 39.8 Å². The molecule has 0 aliphatic carbocycles. The Morgan fingerprint density at radius 1 is 1.50 bits per heavy atom. The Morgan fingerprint density at radius 3 is 2.17 bits per heavy atom. The first-order valence-electron chi connectivity index (χ1n) is 4.14. The summed E-state index contributed by atoms with van der Waals surface area (Å²) in [5, 5.41) is 0. The number of hydrogen-bond donors (Lipinski definition) is 1. The van der Waals surface area contributed by atoms with Crippen LogP contribution in [0.1, 0.15) is 27.2 Å². The van der Waals surface area contributed by atoms with E-state index in [4.69, 9.17) is 0 Å². The van der Waals surface area contributed by atoms with Gasteiger partial charge in [0.15, 0.2) is 0 Å². The second-order valence-electron chi connectivity index (χ2n) is 2.51. The monoisotopic (exact) mass is 176 g/mol. The molecule has 0 saturated carbocycles. The van der Waals surface area contributed by atoms with Crippen molar-refractivity contribution in [2.24, 2.45) is 5.90 Å². The third kappa shape index (κ3) is 7.50. The van der Waals surface area contributed by atoms with Crippen molar-refractivity contribution < 1.29 is 9.63 Å². The number of carbonyl (C=O) groups excluding carboxylic acids is 1. The molecule has 12 heavy (non-hydrogen) atoms. The van der Waals surface area contributed by atoms with Crippen LogP contribution in [0.3, 0.4) is 0 Å². The fraction of sp³-hybridized carbons (Fsp3) is 0.875. The van der Waals surface area contributed by atoms with Crippen LogP contribution in [0.5, 0.6) is 0 Å². The van der Waals surface area contributed by atoms with Gasteiger partial charge in [-0.2, -0.15) is 5.90 Å². The zero-order valence-corrected chi connectivity index (χ0v) is 8.63. The van der Waals surface area contributed by atoms with Crippen LogP contribution in [0.15, 0.2) is 0 Å². The average molecular weight is 176 g/mol. The molecule has 0 saturated heterocycles. The minimum atomic E-state index is -0.374. The highest BCUT2D eigenvalue weighted by Crippen LogP contribution is 1.97. The SMILES string of the molecule is CC.CC(CC(=O)ON)N(C)C. The summed E-state index contributed by atoms with van der Waals surface area (Å²) in [5.74, 6) is 4.28. The van der Waals surface area contributed by atoms with Gasteiger partial charge in [0.25, 0.3) is 0 Å². The van der Waals surface area contributed by atoms with Crippen molar-refractivity contribution in [2.75, 3.05) is 14.1 Å². The summed E-state index contributed by atoms with van der Waals surface area (Å²) in [6.45, 7) is 5.93. The van der Waals surface area contributed by atoms with Crippen LogP contribution in [0, 0.1) is 0 Å². The molecule has 0 aromatic carbocycles. The number of rotatable bonds is 3. The standard InChI is InChI=1S/C6H14N2O2.C2H6/c1-5(8(2)3)4-6(9)10-7;1-2/h5H,4,7H2,1-3H3;1-2H3. The van der Waals surface area contributed by atoms with E-state index in [9.17, 15) is 4.79 Å². The predicted octanol–water partition coefficient (Wildman–Crippen LogP) is 0.770. The molecule has 0 aromatic rings. The van der Waals surface area contributed by atoms with E-state index in [2.05, 4.69) is 10.7 Å². The first kappa shape index (κ1) is 13.9. The predicted molar refractivity (Wildman–Crippen MR) is 49.4 cm³/mol. The van der Waals surface area contributed by atoms with E-state index in [0.717, 1.165) is 0 Å². The average Bonchev–Trinajstić information content (AvgIpc) is 2.07. The molecule has 0 amide bonds. The first-order valence-corrected chi connectivity index (χ1v) is 4.14. The number of nitrogens with zero attached hydrogens (tertiary/aromatic N) is 1. The minimum absolute atomic E-state index is 0.177. The van der Waals surface area contributed by atoms with E-state index < -0.39 is 0 Å². The molecule has 1 atom stereocenters. The maximum Gasteiger partial charge on any atom is 0.325 e. The molecule has 0 spiro atoms. The van der Waals surface area contributed by atoms with Crippen LogP contribution < -0.4 is 5.90 Å². The summed E-state index contributed by atoms with van der Waals surface area (Å²) in [4.78, 5) is 16.5. The molecule has 0 fully saturated rings. The Morgan fingerprint density at radius 2 is 1.92 bits per heavy atom. The van der Waals surface area contributed by atoms with Crippen molar-refractivity contribution in [3.05, 3.63) is 0 Å². The molecular formula is C8H20N2O2. The van der Waals surface area contributed by atoms with Crippen molar-refractivity contribution in [2.45, 2.75) is 33.2 Å². The summed E-state index contributed by atoms with van der Waals surface area (Å²) in [7, 11) is 3.79. The zero-order chi connectivity index (χ0) is 10.1. The molecule has 0 heterocycles. The lowest BCUT2D eigenvalue weighted by molar-refractivity contribution is -0.145. The molecule has 4 nitrogen and oxygen atoms in total. The molecule has 2 N–H and O–H groups in total. The van der Waals surface area contributed by atoms with Crippen molar-refractivity contribution in [1.82, 2.24) is 4.90 Å². The Hall–Kier alpha value is -0.610. The Kier molecular flexibility index (Phi) is 9.86. The minimum Gasteiger partial charge on any atom is -0.373 e. The van der Waals surface area contributed by atoms with Gasteiger partial charge < -0.3 is 9.74 Å². The van der Waals surface area contributed by atoms with Gasteiger partial charge >= 0.3 is 5.97 Å². The van der Waals surface area contributed by atoms with Gasteiger partial charge in [-0.15, -0.1) is 0 Å². The van der Waals surface area contributed by atoms with E-state index in [-0.39, 0.29) is 12.0 Å². The highest BCUT2D eigenvalue weighted by Gasteiger charge is 2.10. The number of nitrogens with two attached hydrogens (primary N) is 1. The van der Waals surface area contributed by atoms with Gasteiger partial charge in [0, 0.05) is 6.04 Å². The number of carbonyl (C=O) groups is 1. The van der Waals surface area contributed by atoms with Crippen LogP contribution in [-0.2, 0) is 9.63 Å². The van der Waals surface area contributed by atoms with Crippen molar-refractivity contribution in [3.8, 4) is 0 Å². The fourth-order valence-corrected chi connectivity index (χ4v) is 0.472. The van der Waals surface area contributed by atoms with Gasteiger partial charge in [-0.25, -0.2) is 0 Å². The van der Waals surface area contributed by atoms with E-state index >= 15 is 0 Å². The van der Waals surface area contributed by atoms with E-state index in [0.29, 0.717) is 6.42 Å². The van der Waals surface area contributed by atoms with Crippen LogP contribution in [0.25, 0.3) is 0 Å². The van der Waals surface area contributed by atoms with Crippen molar-refractivity contribution in [3.63, 3.8) is 0 Å². The van der Waals surface area contributed by atoms with Crippen LogP contribution in [0.4, 0.5) is 0 Å². The molecule has 1 unspecified atom stereocenters. The van der Waals surface area contributed by atoms with Gasteiger partial charge in [0.2, 0.25) is 0 Å². The lowest BCUT2D eigenvalue weighted by atomic mass is 10.2. The van der Waals surface area contributed by atoms with E-state index in [1.54, 1.807) is 0 Å². The molecule has 0 radical (unpaired) electrons. The molecular weight excluding hydrogens is 156 g/mol. The Balaban J connectivity index is 0. The third-order valence-electron chi connectivity index (χ3n) is 1.48. The smallest absolute Gasteiger partial charge is 0.325 e. The second kappa shape index (κ2) is 8.49. The molecule has 0 aromatic heterocycles. The number of hydrogen-bond acceptors (Lipinski definition) is 4. The highest BCUT2D eigenvalue weighted by molar-refractivity contribution is 5.69. The molecule has 4 heteroatoms. The molecule has 0 bridgehead atoms. The molecule has 0 rings (SSSR count). The molecule has 0 aliphatic heterocycles. The van der Waals surface area contributed by atoms with Gasteiger partial charge in [0.05, 0.1) is 6.42 Å². The van der Waals surface area contributed by atoms with Gasteiger partial charge in [-0.1, -0.05) is 13.8 Å². The lowest BCUT2D eigenvalue weighted by Crippen LogP contribution is -2.28. The summed E-state index contributed by atoms with van der Waals surface area (Å²) in [5.41, 5.74) is 0. The summed E-state index contributed by atoms with van der Waals surface area (Å²) in [6.07, 6.45) is 0.337. The second-order valence-corrected chi connectivity index (χ2v) is 2.51. The van der Waals surface area contributed by atoms with Crippen molar-refractivity contribution in [1.29, 1.82) is 0 Å². The van der Waals surface area contributed by atoms with Gasteiger partial charge in [-0.3, -0.25) is 4.79 Å². The first-order chi connectivity index (χ1) is 5.57. The summed E-state index contributed by atoms with van der Waals surface area (Å²) < 4.78 is 0. The summed E-state index contributed by atoms with van der Waals surface area (Å²) in [6, 6.07) is 0.177. The zero-order valence-electron chi connectivity index (χ0n) is 8.63. The van der Waals surface area contributed by atoms with E-state index in [1.165, 1.54) is 0 Å². The maximum absolute atomic E-state index is 10.6.